The van der Waals surface area contributed by atoms with Crippen LogP contribution >= 0.6 is 0 Å². The molecule has 1 aliphatic heterocycles. The van der Waals surface area contributed by atoms with Crippen molar-refractivity contribution >= 4 is 17.5 Å². The minimum Gasteiger partial charge on any atom is -0.338 e. The molecule has 0 saturated carbocycles. The summed E-state index contributed by atoms with van der Waals surface area (Å²) in [5.41, 5.74) is 2.91. The summed E-state index contributed by atoms with van der Waals surface area (Å²) in [7, 11) is 0. The van der Waals surface area contributed by atoms with E-state index in [-0.39, 0.29) is 23.4 Å². The van der Waals surface area contributed by atoms with Crippen molar-refractivity contribution in [3.05, 3.63) is 65.0 Å². The Morgan fingerprint density at radius 3 is 2.50 bits per heavy atom. The van der Waals surface area contributed by atoms with Crippen LogP contribution in [-0.2, 0) is 4.79 Å². The minimum absolute atomic E-state index is 0.0554. The van der Waals surface area contributed by atoms with Gasteiger partial charge in [-0.3, -0.25) is 9.59 Å². The summed E-state index contributed by atoms with van der Waals surface area (Å²) in [6, 6.07) is 11.9. The number of carbonyl (C=O) groups is 2. The quantitative estimate of drug-likeness (QED) is 0.908. The Balaban J connectivity index is 1.69. The number of anilines is 1. The van der Waals surface area contributed by atoms with Gasteiger partial charge in [0, 0.05) is 18.7 Å². The number of halogens is 1. The largest absolute Gasteiger partial charge is 0.338 e. The lowest BCUT2D eigenvalue weighted by Crippen LogP contribution is -2.43. The molecule has 1 unspecified atom stereocenters. The molecule has 2 aromatic rings. The van der Waals surface area contributed by atoms with Crippen LogP contribution < -0.4 is 5.32 Å². The molecule has 1 fully saturated rings. The average molecular weight is 354 g/mol. The van der Waals surface area contributed by atoms with E-state index in [1.165, 1.54) is 12.1 Å². The number of likely N-dealkylation sites (tertiary alicyclic amines) is 1. The number of benzene rings is 2. The number of hydrogen-bond acceptors (Lipinski definition) is 2. The highest BCUT2D eigenvalue weighted by Crippen LogP contribution is 2.22. The maximum atomic E-state index is 13.7. The van der Waals surface area contributed by atoms with Crippen molar-refractivity contribution in [1.29, 1.82) is 0 Å². The Bertz CT molecular complexity index is 814. The Hall–Kier alpha value is -2.69. The monoisotopic (exact) mass is 354 g/mol. The van der Waals surface area contributed by atoms with E-state index < -0.39 is 5.82 Å². The van der Waals surface area contributed by atoms with Gasteiger partial charge in [0.05, 0.1) is 11.6 Å². The van der Waals surface area contributed by atoms with Crippen molar-refractivity contribution in [2.75, 3.05) is 18.4 Å². The molecular formula is C21H23FN2O2. The van der Waals surface area contributed by atoms with Crippen LogP contribution in [0.5, 0.6) is 0 Å². The van der Waals surface area contributed by atoms with Crippen molar-refractivity contribution in [2.24, 2.45) is 5.92 Å². The van der Waals surface area contributed by atoms with E-state index in [9.17, 15) is 14.0 Å². The molecule has 0 bridgehead atoms. The van der Waals surface area contributed by atoms with Crippen LogP contribution in [0.1, 0.15) is 34.3 Å². The smallest absolute Gasteiger partial charge is 0.253 e. The van der Waals surface area contributed by atoms with Gasteiger partial charge in [-0.05, 0) is 51.0 Å². The van der Waals surface area contributed by atoms with Gasteiger partial charge in [-0.2, -0.15) is 0 Å². The van der Waals surface area contributed by atoms with Crippen LogP contribution in [0.4, 0.5) is 10.1 Å². The molecule has 2 amide bonds. The number of nitrogens with one attached hydrogen (secondary N) is 1. The average Bonchev–Trinajstić information content (AvgIpc) is 2.62. The topological polar surface area (TPSA) is 49.4 Å². The third-order valence-electron chi connectivity index (χ3n) is 4.68. The lowest BCUT2D eigenvalue weighted by Gasteiger charge is -2.32. The van der Waals surface area contributed by atoms with Crippen LogP contribution in [0.15, 0.2) is 42.5 Å². The van der Waals surface area contributed by atoms with Crippen molar-refractivity contribution < 1.29 is 14.0 Å². The van der Waals surface area contributed by atoms with Crippen LogP contribution in [-0.4, -0.2) is 29.8 Å². The predicted molar refractivity (Wildman–Crippen MR) is 99.6 cm³/mol. The van der Waals surface area contributed by atoms with Crippen LogP contribution in [0.25, 0.3) is 0 Å². The molecule has 2 aromatic carbocycles. The number of hydrogen-bond donors (Lipinski definition) is 1. The van der Waals surface area contributed by atoms with Crippen LogP contribution in [0.2, 0.25) is 0 Å². The minimum atomic E-state index is -0.458. The molecule has 1 N–H and O–H groups in total. The summed E-state index contributed by atoms with van der Waals surface area (Å²) in [6.07, 6.45) is 1.45. The normalized spacial score (nSPS) is 17.0. The lowest BCUT2D eigenvalue weighted by atomic mass is 9.96. The number of rotatable bonds is 3. The Labute approximate surface area is 153 Å². The molecule has 0 aliphatic carbocycles. The van der Waals surface area contributed by atoms with E-state index >= 15 is 0 Å². The van der Waals surface area contributed by atoms with E-state index in [1.54, 1.807) is 17.0 Å². The molecule has 0 radical (unpaired) electrons. The maximum absolute atomic E-state index is 13.7. The summed E-state index contributed by atoms with van der Waals surface area (Å²) < 4.78 is 13.7. The first kappa shape index (κ1) is 18.1. The van der Waals surface area contributed by atoms with Crippen molar-refractivity contribution in [3.8, 4) is 0 Å². The Morgan fingerprint density at radius 2 is 1.81 bits per heavy atom. The first-order valence-corrected chi connectivity index (χ1v) is 8.87. The molecule has 136 valence electrons. The SMILES string of the molecule is Cc1cc(C)cc(C(=O)N2CCCC(C(=O)Nc3ccccc3F)C2)c1. The molecule has 1 saturated heterocycles. The first-order valence-electron chi connectivity index (χ1n) is 8.87. The lowest BCUT2D eigenvalue weighted by molar-refractivity contribution is -0.121. The van der Waals surface area contributed by atoms with E-state index in [0.717, 1.165) is 17.5 Å². The zero-order valence-electron chi connectivity index (χ0n) is 15.1. The molecule has 5 heteroatoms. The summed E-state index contributed by atoms with van der Waals surface area (Å²) in [4.78, 5) is 27.1. The van der Waals surface area contributed by atoms with Crippen LogP contribution in [0, 0.1) is 25.6 Å². The fourth-order valence-corrected chi connectivity index (χ4v) is 3.45. The van der Waals surface area contributed by atoms with Gasteiger partial charge in [0.1, 0.15) is 5.82 Å². The molecule has 1 atom stereocenters. The third kappa shape index (κ3) is 4.10. The summed E-state index contributed by atoms with van der Waals surface area (Å²) >= 11 is 0. The zero-order valence-corrected chi connectivity index (χ0v) is 15.1. The number of carbonyl (C=O) groups excluding carboxylic acids is 2. The van der Waals surface area contributed by atoms with Gasteiger partial charge >= 0.3 is 0 Å². The molecule has 26 heavy (non-hydrogen) atoms. The molecule has 0 spiro atoms. The highest BCUT2D eigenvalue weighted by atomic mass is 19.1. The van der Waals surface area contributed by atoms with Gasteiger partial charge in [-0.15, -0.1) is 0 Å². The number of nitrogens with zero attached hydrogens (tertiary/aromatic N) is 1. The number of para-hydroxylation sites is 1. The molecule has 4 nitrogen and oxygen atoms in total. The maximum Gasteiger partial charge on any atom is 0.253 e. The fraction of sp³-hybridized carbons (Fsp3) is 0.333. The summed E-state index contributed by atoms with van der Waals surface area (Å²) in [5.74, 6) is -1.09. The molecule has 0 aromatic heterocycles. The Morgan fingerprint density at radius 1 is 1.12 bits per heavy atom. The summed E-state index contributed by atoms with van der Waals surface area (Å²) in [5, 5.41) is 2.65. The second-order valence-electron chi connectivity index (χ2n) is 6.94. The summed E-state index contributed by atoms with van der Waals surface area (Å²) in [6.45, 7) is 4.91. The van der Waals surface area contributed by atoms with Gasteiger partial charge in [0.2, 0.25) is 5.91 Å². The van der Waals surface area contributed by atoms with E-state index in [1.807, 2.05) is 32.0 Å². The third-order valence-corrected chi connectivity index (χ3v) is 4.68. The van der Waals surface area contributed by atoms with Crippen molar-refractivity contribution in [3.63, 3.8) is 0 Å². The van der Waals surface area contributed by atoms with Gasteiger partial charge < -0.3 is 10.2 Å². The molecule has 1 aliphatic rings. The highest BCUT2D eigenvalue weighted by Gasteiger charge is 2.29. The molecule has 3 rings (SSSR count). The molecule has 1 heterocycles. The zero-order chi connectivity index (χ0) is 18.7. The van der Waals surface area contributed by atoms with E-state index in [4.69, 9.17) is 0 Å². The van der Waals surface area contributed by atoms with Crippen molar-refractivity contribution in [1.82, 2.24) is 4.90 Å². The number of piperidine rings is 1. The predicted octanol–water partition coefficient (Wildman–Crippen LogP) is 3.93. The van der Waals surface area contributed by atoms with Gasteiger partial charge in [0.25, 0.3) is 5.91 Å². The van der Waals surface area contributed by atoms with Gasteiger partial charge in [-0.25, -0.2) is 4.39 Å². The van der Waals surface area contributed by atoms with Gasteiger partial charge in [-0.1, -0.05) is 29.3 Å². The number of amides is 2. The van der Waals surface area contributed by atoms with E-state index in [0.29, 0.717) is 25.1 Å². The number of aryl methyl sites for hydroxylation is 2. The fourth-order valence-electron chi connectivity index (χ4n) is 3.45. The standard InChI is InChI=1S/C21H23FN2O2/c1-14-10-15(2)12-17(11-14)21(26)24-9-5-6-16(13-24)20(25)23-19-8-4-3-7-18(19)22/h3-4,7-8,10-12,16H,5-6,9,13H2,1-2H3,(H,23,25). The second kappa shape index (κ2) is 7.68. The van der Waals surface area contributed by atoms with E-state index in [2.05, 4.69) is 5.32 Å². The first-order chi connectivity index (χ1) is 12.4. The Kier molecular flexibility index (Phi) is 5.35. The van der Waals surface area contributed by atoms with Crippen molar-refractivity contribution in [2.45, 2.75) is 26.7 Å². The highest BCUT2D eigenvalue weighted by molar-refractivity contribution is 5.96. The second-order valence-corrected chi connectivity index (χ2v) is 6.94. The van der Waals surface area contributed by atoms with Crippen LogP contribution in [0.3, 0.4) is 0 Å². The molecular weight excluding hydrogens is 331 g/mol. The van der Waals surface area contributed by atoms with Gasteiger partial charge in [0.15, 0.2) is 0 Å².